The Labute approximate surface area is 263 Å². The Kier molecular flexibility index (Phi) is 5.65. The van der Waals surface area contributed by atoms with Crippen molar-refractivity contribution in [3.05, 3.63) is 150 Å². The molecule has 0 saturated heterocycles. The van der Waals surface area contributed by atoms with Gasteiger partial charge in [0.25, 0.3) is 0 Å². The molecule has 7 aromatic carbocycles. The van der Waals surface area contributed by atoms with E-state index < -0.39 is 0 Å². The lowest BCUT2D eigenvalue weighted by molar-refractivity contribution is 0.667. The second-order valence-electron chi connectivity index (χ2n) is 11.1. The molecular weight excluding hydrogens is 604 g/mol. The highest BCUT2D eigenvalue weighted by atomic mass is 79.9. The van der Waals surface area contributed by atoms with E-state index in [0.29, 0.717) is 0 Å². The Balaban J connectivity index is 1.35. The summed E-state index contributed by atoms with van der Waals surface area (Å²) in [5.41, 5.74) is 11.8. The molecule has 0 radical (unpaired) electrons. The Morgan fingerprint density at radius 3 is 2.14 bits per heavy atom. The number of para-hydroxylation sites is 4. The van der Waals surface area contributed by atoms with Crippen molar-refractivity contribution in [2.45, 2.75) is 0 Å². The fourth-order valence-electron chi connectivity index (χ4n) is 6.71. The topological polar surface area (TPSA) is 28.4 Å². The molecule has 1 aliphatic rings. The highest BCUT2D eigenvalue weighted by molar-refractivity contribution is 9.10. The van der Waals surface area contributed by atoms with E-state index in [1.807, 2.05) is 12.1 Å². The third kappa shape index (κ3) is 3.74. The third-order valence-corrected chi connectivity index (χ3v) is 9.45. The lowest BCUT2D eigenvalue weighted by Gasteiger charge is -2.36. The number of nitrogens with one attached hydrogen (secondary N) is 1. The number of fused-ring (bicyclic) bond motifs is 6. The van der Waals surface area contributed by atoms with Gasteiger partial charge in [0.2, 0.25) is 0 Å². The van der Waals surface area contributed by atoms with Gasteiger partial charge in [0.15, 0.2) is 0 Å². The Morgan fingerprint density at radius 2 is 1.25 bits per heavy atom. The molecule has 0 unspecified atom stereocenters. The fourth-order valence-corrected chi connectivity index (χ4v) is 7.35. The lowest BCUT2D eigenvalue weighted by atomic mass is 9.88. The third-order valence-electron chi connectivity index (χ3n) is 8.66. The summed E-state index contributed by atoms with van der Waals surface area (Å²) in [5, 5.41) is 8.47. The van der Waals surface area contributed by atoms with Gasteiger partial charge in [-0.2, -0.15) is 0 Å². The first-order valence-electron chi connectivity index (χ1n) is 14.7. The molecule has 0 fully saturated rings. The van der Waals surface area contributed by atoms with Crippen LogP contribution in [-0.4, -0.2) is 0 Å². The summed E-state index contributed by atoms with van der Waals surface area (Å²) in [7, 11) is 0. The Hall–Kier alpha value is -5.32. The van der Waals surface area contributed by atoms with Gasteiger partial charge in [-0.05, 0) is 80.3 Å². The van der Waals surface area contributed by atoms with E-state index >= 15 is 0 Å². The zero-order chi connectivity index (χ0) is 29.2. The number of halogens is 1. The van der Waals surface area contributed by atoms with Crippen LogP contribution in [0.4, 0.5) is 28.4 Å². The van der Waals surface area contributed by atoms with Crippen molar-refractivity contribution >= 4 is 77.1 Å². The minimum Gasteiger partial charge on any atom is -0.455 e. The van der Waals surface area contributed by atoms with E-state index in [9.17, 15) is 0 Å². The maximum absolute atomic E-state index is 6.39. The normalized spacial score (nSPS) is 12.3. The van der Waals surface area contributed by atoms with Crippen LogP contribution in [0.25, 0.3) is 55.0 Å². The molecule has 9 rings (SSSR count). The summed E-state index contributed by atoms with van der Waals surface area (Å²) in [5.74, 6) is 0. The summed E-state index contributed by atoms with van der Waals surface area (Å²) in [6, 6.07) is 51.5. The number of anilines is 5. The molecule has 1 aromatic heterocycles. The van der Waals surface area contributed by atoms with Gasteiger partial charge in [0.05, 0.1) is 27.2 Å². The molecule has 0 bridgehead atoms. The summed E-state index contributed by atoms with van der Waals surface area (Å²) in [6.45, 7) is 0. The number of rotatable bonds is 3. The second kappa shape index (κ2) is 9.87. The molecular formula is C40H25BrN2O. The molecule has 0 atom stereocenters. The smallest absolute Gasteiger partial charge is 0.150 e. The van der Waals surface area contributed by atoms with Crippen LogP contribution in [0.5, 0.6) is 0 Å². The highest BCUT2D eigenvalue weighted by Gasteiger charge is 2.29. The van der Waals surface area contributed by atoms with E-state index in [1.165, 1.54) is 16.3 Å². The predicted octanol–water partition coefficient (Wildman–Crippen LogP) is 12.4. The van der Waals surface area contributed by atoms with E-state index in [4.69, 9.17) is 4.42 Å². The zero-order valence-electron chi connectivity index (χ0n) is 23.6. The maximum Gasteiger partial charge on any atom is 0.150 e. The van der Waals surface area contributed by atoms with Gasteiger partial charge in [0, 0.05) is 27.6 Å². The van der Waals surface area contributed by atoms with E-state index in [2.05, 4.69) is 160 Å². The van der Waals surface area contributed by atoms with Crippen molar-refractivity contribution < 1.29 is 4.42 Å². The van der Waals surface area contributed by atoms with Gasteiger partial charge in [-0.1, -0.05) is 103 Å². The largest absolute Gasteiger partial charge is 0.455 e. The van der Waals surface area contributed by atoms with Gasteiger partial charge >= 0.3 is 0 Å². The van der Waals surface area contributed by atoms with Gasteiger partial charge in [-0.3, -0.25) is 0 Å². The average molecular weight is 630 g/mol. The Morgan fingerprint density at radius 1 is 0.545 bits per heavy atom. The molecule has 8 aromatic rings. The SMILES string of the molecule is Brc1c(-c2ccccc2-c2c3c(cc4ccccc24)N(c2ccccc2)c2ccccc2N3)ccc2c1oc1ccccc12. The molecule has 1 aliphatic heterocycles. The summed E-state index contributed by atoms with van der Waals surface area (Å²) in [6.07, 6.45) is 0. The molecule has 0 aliphatic carbocycles. The van der Waals surface area contributed by atoms with E-state index in [1.54, 1.807) is 0 Å². The fraction of sp³-hybridized carbons (Fsp3) is 0. The zero-order valence-corrected chi connectivity index (χ0v) is 25.2. The molecule has 44 heavy (non-hydrogen) atoms. The first kappa shape index (κ1) is 25.2. The molecule has 0 amide bonds. The van der Waals surface area contributed by atoms with E-state index in [0.717, 1.165) is 71.5 Å². The molecule has 3 nitrogen and oxygen atoms in total. The number of hydrogen-bond acceptors (Lipinski definition) is 3. The van der Waals surface area contributed by atoms with Gasteiger partial charge < -0.3 is 14.6 Å². The standard InChI is InChI=1S/C40H25BrN2O/c41-38-31(22-23-32-29-17-8-11-21-36(29)44-40(32)38)28-16-6-7-18-30(28)37-27-15-5-4-12-25(27)24-35-39(37)42-33-19-9-10-20-34(33)43(35)26-13-2-1-3-14-26/h1-24,42H. The second-order valence-corrected chi connectivity index (χ2v) is 11.9. The van der Waals surface area contributed by atoms with Crippen LogP contribution in [0.1, 0.15) is 0 Å². The average Bonchev–Trinajstić information content (AvgIpc) is 3.47. The van der Waals surface area contributed by atoms with Crippen LogP contribution < -0.4 is 10.2 Å². The molecule has 1 N–H and O–H groups in total. The van der Waals surface area contributed by atoms with Gasteiger partial charge in [-0.15, -0.1) is 0 Å². The van der Waals surface area contributed by atoms with E-state index in [-0.39, 0.29) is 0 Å². The number of furan rings is 1. The molecule has 208 valence electrons. The molecule has 0 saturated carbocycles. The van der Waals surface area contributed by atoms with Crippen LogP contribution in [0.2, 0.25) is 0 Å². The van der Waals surface area contributed by atoms with Crippen molar-refractivity contribution in [2.24, 2.45) is 0 Å². The highest BCUT2D eigenvalue weighted by Crippen LogP contribution is 2.54. The minimum absolute atomic E-state index is 0.862. The van der Waals surface area contributed by atoms with Crippen LogP contribution in [-0.2, 0) is 0 Å². The van der Waals surface area contributed by atoms with Crippen molar-refractivity contribution in [2.75, 3.05) is 10.2 Å². The predicted molar refractivity (Wildman–Crippen MR) is 188 cm³/mol. The van der Waals surface area contributed by atoms with Crippen LogP contribution in [0.3, 0.4) is 0 Å². The van der Waals surface area contributed by atoms with Crippen LogP contribution in [0.15, 0.2) is 154 Å². The van der Waals surface area contributed by atoms with Crippen LogP contribution >= 0.6 is 15.9 Å². The summed E-state index contributed by atoms with van der Waals surface area (Å²) >= 11 is 3.97. The monoisotopic (exact) mass is 628 g/mol. The quantitative estimate of drug-likeness (QED) is 0.211. The van der Waals surface area contributed by atoms with Crippen molar-refractivity contribution in [1.82, 2.24) is 0 Å². The minimum atomic E-state index is 0.862. The van der Waals surface area contributed by atoms with Crippen molar-refractivity contribution in [3.63, 3.8) is 0 Å². The van der Waals surface area contributed by atoms with Crippen molar-refractivity contribution in [3.8, 4) is 22.3 Å². The maximum atomic E-state index is 6.39. The summed E-state index contributed by atoms with van der Waals surface area (Å²) in [4.78, 5) is 2.37. The number of benzene rings is 7. The molecule has 0 spiro atoms. The Bertz CT molecular complexity index is 2390. The van der Waals surface area contributed by atoms with Gasteiger partial charge in [-0.25, -0.2) is 0 Å². The van der Waals surface area contributed by atoms with Crippen LogP contribution in [0, 0.1) is 0 Å². The number of nitrogens with zero attached hydrogens (tertiary/aromatic N) is 1. The first-order chi connectivity index (χ1) is 21.8. The first-order valence-corrected chi connectivity index (χ1v) is 15.5. The van der Waals surface area contributed by atoms with Crippen molar-refractivity contribution in [1.29, 1.82) is 0 Å². The van der Waals surface area contributed by atoms with Gasteiger partial charge in [0.1, 0.15) is 11.2 Å². The lowest BCUT2D eigenvalue weighted by Crippen LogP contribution is -2.18. The number of hydrogen-bond donors (Lipinski definition) is 1. The molecule has 2 heterocycles. The molecule has 4 heteroatoms. The summed E-state index contributed by atoms with van der Waals surface area (Å²) < 4.78 is 7.34.